The molecule has 0 aromatic carbocycles. The van der Waals surface area contributed by atoms with E-state index >= 15 is 0 Å². The fourth-order valence-corrected chi connectivity index (χ4v) is 4.43. The van der Waals surface area contributed by atoms with Crippen molar-refractivity contribution in [3.8, 4) is 0 Å². The van der Waals surface area contributed by atoms with Crippen molar-refractivity contribution in [3.05, 3.63) is 83.4 Å². The van der Waals surface area contributed by atoms with Gasteiger partial charge in [0.15, 0.2) is 0 Å². The van der Waals surface area contributed by atoms with Gasteiger partial charge in [-0.15, -0.1) is 0 Å². The molecular formula is C25H28N6O. The van der Waals surface area contributed by atoms with Crippen LogP contribution in [0.25, 0.3) is 11.1 Å². The lowest BCUT2D eigenvalue weighted by Gasteiger charge is -2.36. The van der Waals surface area contributed by atoms with Crippen LogP contribution >= 0.6 is 0 Å². The number of allylic oxidation sites excluding steroid dienone is 6. The molecule has 2 aromatic rings. The van der Waals surface area contributed by atoms with E-state index in [4.69, 9.17) is 5.10 Å². The van der Waals surface area contributed by atoms with Crippen LogP contribution in [-0.4, -0.2) is 56.0 Å². The third kappa shape index (κ3) is 3.80. The van der Waals surface area contributed by atoms with E-state index in [0.717, 1.165) is 65.6 Å². The summed E-state index contributed by atoms with van der Waals surface area (Å²) in [5.41, 5.74) is 6.38. The SMILES string of the molecule is CCc1nc(C)cn2nc(C3=C\C(=O)N4C=C(N5CCN[C@H](C)C5)C=C\C4=C/C=C/3)cc12. The predicted molar refractivity (Wildman–Crippen MR) is 125 cm³/mol. The van der Waals surface area contributed by atoms with Crippen molar-refractivity contribution in [2.45, 2.75) is 33.2 Å². The maximum Gasteiger partial charge on any atom is 0.255 e. The molecule has 7 heteroatoms. The lowest BCUT2D eigenvalue weighted by molar-refractivity contribution is -0.122. The summed E-state index contributed by atoms with van der Waals surface area (Å²) in [6.07, 6.45) is 16.4. The zero-order chi connectivity index (χ0) is 22.2. The third-order valence-electron chi connectivity index (χ3n) is 6.04. The minimum atomic E-state index is -0.0808. The zero-order valence-electron chi connectivity index (χ0n) is 18.7. The number of piperazine rings is 1. The normalized spacial score (nSPS) is 25.4. The molecule has 1 fully saturated rings. The molecule has 0 bridgehead atoms. The number of aryl methyl sites for hydroxylation is 2. The van der Waals surface area contributed by atoms with Crippen LogP contribution in [0.5, 0.6) is 0 Å². The quantitative estimate of drug-likeness (QED) is 0.814. The molecule has 1 amide bonds. The molecule has 1 atom stereocenters. The van der Waals surface area contributed by atoms with E-state index < -0.39 is 0 Å². The number of nitrogens with zero attached hydrogens (tertiary/aromatic N) is 5. The van der Waals surface area contributed by atoms with E-state index in [0.29, 0.717) is 6.04 Å². The molecule has 0 spiro atoms. The van der Waals surface area contributed by atoms with E-state index in [1.165, 1.54) is 0 Å². The Labute approximate surface area is 188 Å². The number of nitrogens with one attached hydrogen (secondary N) is 1. The Balaban J connectivity index is 1.49. The molecule has 5 heterocycles. The number of rotatable bonds is 3. The van der Waals surface area contributed by atoms with Crippen molar-refractivity contribution in [1.29, 1.82) is 0 Å². The summed E-state index contributed by atoms with van der Waals surface area (Å²) >= 11 is 0. The molecule has 0 aliphatic carbocycles. The molecule has 3 aliphatic heterocycles. The molecule has 3 aliphatic rings. The van der Waals surface area contributed by atoms with E-state index in [2.05, 4.69) is 35.1 Å². The topological polar surface area (TPSA) is 65.8 Å². The van der Waals surface area contributed by atoms with Crippen molar-refractivity contribution in [2.24, 2.45) is 0 Å². The fourth-order valence-electron chi connectivity index (χ4n) is 4.43. The minimum Gasteiger partial charge on any atom is -0.368 e. The first-order chi connectivity index (χ1) is 15.5. The molecule has 1 N–H and O–H groups in total. The maximum absolute atomic E-state index is 13.3. The zero-order valence-corrected chi connectivity index (χ0v) is 18.7. The van der Waals surface area contributed by atoms with Crippen molar-refractivity contribution in [1.82, 2.24) is 29.7 Å². The second-order valence-electron chi connectivity index (χ2n) is 8.49. The molecular weight excluding hydrogens is 400 g/mol. The van der Waals surface area contributed by atoms with Gasteiger partial charge in [0.25, 0.3) is 5.91 Å². The average molecular weight is 429 g/mol. The second kappa shape index (κ2) is 8.24. The molecule has 5 rings (SSSR count). The highest BCUT2D eigenvalue weighted by Gasteiger charge is 2.23. The van der Waals surface area contributed by atoms with Crippen LogP contribution in [0.3, 0.4) is 0 Å². The predicted octanol–water partition coefficient (Wildman–Crippen LogP) is 2.97. The number of carbonyl (C=O) groups is 1. The molecule has 0 radical (unpaired) electrons. The highest BCUT2D eigenvalue weighted by Crippen LogP contribution is 2.26. The standard InChI is InChI=1S/C25H28N6O/c1-4-22-24-13-23(28-31(24)15-18(3)27-22)19-6-5-7-20-8-9-21(16-30(20)25(32)12-19)29-11-10-26-17(2)14-29/h5-9,12-13,15-17,26H,4,10-11,14H2,1-3H3/b6-5+,19-12+,20-7+/t17-/m1/s1. The minimum absolute atomic E-state index is 0.0808. The van der Waals surface area contributed by atoms with Crippen LogP contribution in [0.1, 0.15) is 30.9 Å². The summed E-state index contributed by atoms with van der Waals surface area (Å²) in [4.78, 5) is 22.0. The number of hydrogen-bond donors (Lipinski definition) is 1. The Morgan fingerprint density at radius 2 is 2.06 bits per heavy atom. The van der Waals surface area contributed by atoms with Gasteiger partial charge in [-0.2, -0.15) is 5.10 Å². The Bertz CT molecular complexity index is 1230. The first-order valence-electron chi connectivity index (χ1n) is 11.2. The monoisotopic (exact) mass is 428 g/mol. The second-order valence-corrected chi connectivity index (χ2v) is 8.49. The first-order valence-corrected chi connectivity index (χ1v) is 11.2. The van der Waals surface area contributed by atoms with E-state index in [9.17, 15) is 4.79 Å². The average Bonchev–Trinajstić information content (AvgIpc) is 3.20. The molecule has 0 saturated carbocycles. The number of carbonyl (C=O) groups excluding carboxylic acids is 1. The first kappa shape index (κ1) is 20.5. The molecule has 32 heavy (non-hydrogen) atoms. The Morgan fingerprint density at radius 3 is 2.88 bits per heavy atom. The van der Waals surface area contributed by atoms with Crippen LogP contribution in [-0.2, 0) is 11.2 Å². The van der Waals surface area contributed by atoms with Gasteiger partial charge in [0, 0.05) is 49.2 Å². The summed E-state index contributed by atoms with van der Waals surface area (Å²) in [6.45, 7) is 9.03. The van der Waals surface area contributed by atoms with Gasteiger partial charge in [-0.25, -0.2) is 4.52 Å². The van der Waals surface area contributed by atoms with Crippen molar-refractivity contribution >= 4 is 17.0 Å². The Kier molecular flexibility index (Phi) is 5.27. The molecule has 1 saturated heterocycles. The molecule has 0 unspecified atom stereocenters. The van der Waals surface area contributed by atoms with Gasteiger partial charge in [0.1, 0.15) is 0 Å². The van der Waals surface area contributed by atoms with Gasteiger partial charge in [-0.1, -0.05) is 19.1 Å². The highest BCUT2D eigenvalue weighted by molar-refractivity contribution is 5.99. The van der Waals surface area contributed by atoms with Crippen molar-refractivity contribution in [2.75, 3.05) is 19.6 Å². The van der Waals surface area contributed by atoms with Gasteiger partial charge >= 0.3 is 0 Å². The number of fused-ring (bicyclic) bond motifs is 2. The number of hydrogen-bond acceptors (Lipinski definition) is 5. The van der Waals surface area contributed by atoms with Crippen LogP contribution < -0.4 is 5.32 Å². The Hall–Kier alpha value is -3.45. The summed E-state index contributed by atoms with van der Waals surface area (Å²) in [6, 6.07) is 2.44. The van der Waals surface area contributed by atoms with Gasteiger partial charge in [0.05, 0.1) is 34.5 Å². The summed E-state index contributed by atoms with van der Waals surface area (Å²) in [5.74, 6) is -0.0808. The van der Waals surface area contributed by atoms with Crippen LogP contribution in [0.15, 0.2) is 66.3 Å². The Morgan fingerprint density at radius 1 is 1.22 bits per heavy atom. The third-order valence-corrected chi connectivity index (χ3v) is 6.04. The van der Waals surface area contributed by atoms with Crippen molar-refractivity contribution < 1.29 is 4.79 Å². The largest absolute Gasteiger partial charge is 0.368 e. The van der Waals surface area contributed by atoms with Gasteiger partial charge in [-0.3, -0.25) is 14.7 Å². The van der Waals surface area contributed by atoms with E-state index in [1.54, 1.807) is 11.0 Å². The summed E-state index contributed by atoms with van der Waals surface area (Å²) in [5, 5.41) is 8.20. The van der Waals surface area contributed by atoms with Gasteiger partial charge in [-0.05, 0) is 44.6 Å². The molecule has 164 valence electrons. The van der Waals surface area contributed by atoms with Crippen molar-refractivity contribution in [3.63, 3.8) is 0 Å². The number of aromatic nitrogens is 3. The summed E-state index contributed by atoms with van der Waals surface area (Å²) < 4.78 is 1.86. The molecule has 7 nitrogen and oxygen atoms in total. The summed E-state index contributed by atoms with van der Waals surface area (Å²) in [7, 11) is 0. The highest BCUT2D eigenvalue weighted by atomic mass is 16.2. The van der Waals surface area contributed by atoms with Gasteiger partial charge < -0.3 is 10.2 Å². The lowest BCUT2D eigenvalue weighted by atomic mass is 10.1. The van der Waals surface area contributed by atoms with Crippen LogP contribution in [0.4, 0.5) is 0 Å². The van der Waals surface area contributed by atoms with E-state index in [-0.39, 0.29) is 5.91 Å². The lowest BCUT2D eigenvalue weighted by Crippen LogP contribution is -2.48. The van der Waals surface area contributed by atoms with Crippen LogP contribution in [0.2, 0.25) is 0 Å². The number of amides is 1. The van der Waals surface area contributed by atoms with Gasteiger partial charge in [0.2, 0.25) is 0 Å². The van der Waals surface area contributed by atoms with E-state index in [1.807, 2.05) is 54.2 Å². The smallest absolute Gasteiger partial charge is 0.255 e. The fraction of sp³-hybridized carbons (Fsp3) is 0.320. The molecule has 2 aromatic heterocycles. The van der Waals surface area contributed by atoms with Crippen LogP contribution in [0, 0.1) is 6.92 Å². The maximum atomic E-state index is 13.3.